The summed E-state index contributed by atoms with van der Waals surface area (Å²) in [4.78, 5) is 7.37. The molecule has 0 aliphatic rings. The number of rotatable bonds is 6. The van der Waals surface area contributed by atoms with Crippen molar-refractivity contribution in [3.8, 4) is 28.3 Å². The third-order valence-corrected chi connectivity index (χ3v) is 10.8. The second-order valence-corrected chi connectivity index (χ2v) is 13.9. The van der Waals surface area contributed by atoms with Crippen LogP contribution in [0, 0.1) is 0 Å². The minimum absolute atomic E-state index is 0.596. The number of nitrogens with zero attached hydrogens (tertiary/aromatic N) is 3. The summed E-state index contributed by atoms with van der Waals surface area (Å²) in [5.74, 6) is 0.596. The van der Waals surface area contributed by atoms with E-state index in [1.54, 1.807) is 0 Å². The van der Waals surface area contributed by atoms with E-state index in [1.807, 2.05) is 36.4 Å². The fraction of sp³-hybridized carbons (Fsp3) is 0. The zero-order chi connectivity index (χ0) is 36.3. The van der Waals surface area contributed by atoms with Crippen LogP contribution in [0.15, 0.2) is 205 Å². The predicted molar refractivity (Wildman–Crippen MR) is 229 cm³/mol. The topological polar surface area (TPSA) is 34.2 Å². The number of benzene rings is 9. The predicted octanol–water partition coefficient (Wildman–Crippen LogP) is 14.0. The van der Waals surface area contributed by atoms with E-state index < -0.39 is 0 Å². The van der Waals surface area contributed by atoms with Crippen molar-refractivity contribution < 1.29 is 4.42 Å². The van der Waals surface area contributed by atoms with Crippen LogP contribution in [0.4, 0.5) is 17.1 Å². The number of aromatic nitrogens is 2. The summed E-state index contributed by atoms with van der Waals surface area (Å²) >= 11 is 0. The monoisotopic (exact) mass is 703 g/mol. The Morgan fingerprint density at radius 3 is 1.95 bits per heavy atom. The van der Waals surface area contributed by atoms with Gasteiger partial charge in [0.05, 0.1) is 22.4 Å². The summed E-state index contributed by atoms with van der Waals surface area (Å²) in [6, 6.07) is 71.0. The van der Waals surface area contributed by atoms with Gasteiger partial charge in [0.15, 0.2) is 5.58 Å². The van der Waals surface area contributed by atoms with Crippen LogP contribution in [0.1, 0.15) is 0 Å². The molecule has 2 aromatic heterocycles. The molecule has 4 nitrogen and oxygen atoms in total. The van der Waals surface area contributed by atoms with Crippen molar-refractivity contribution in [3.05, 3.63) is 200 Å². The summed E-state index contributed by atoms with van der Waals surface area (Å²) in [6.45, 7) is 0. The zero-order valence-electron chi connectivity index (χ0n) is 29.8. The largest absolute Gasteiger partial charge is 0.434 e. The zero-order valence-corrected chi connectivity index (χ0v) is 29.8. The lowest BCUT2D eigenvalue weighted by Crippen LogP contribution is -2.11. The number of hydrogen-bond acceptors (Lipinski definition) is 3. The van der Waals surface area contributed by atoms with Crippen LogP contribution in [-0.2, 0) is 0 Å². The van der Waals surface area contributed by atoms with Gasteiger partial charge in [-0.15, -0.1) is 0 Å². The van der Waals surface area contributed by atoms with E-state index in [4.69, 9.17) is 9.40 Å². The van der Waals surface area contributed by atoms with Gasteiger partial charge >= 0.3 is 0 Å². The summed E-state index contributed by atoms with van der Waals surface area (Å²) in [5, 5.41) is 7.14. The Hall–Kier alpha value is -7.43. The molecule has 0 unspecified atom stereocenters. The maximum absolute atomic E-state index is 6.75. The lowest BCUT2D eigenvalue weighted by atomic mass is 9.97. The molecular formula is C51H33N3O. The lowest BCUT2D eigenvalue weighted by molar-refractivity contribution is 0.620. The van der Waals surface area contributed by atoms with Crippen molar-refractivity contribution >= 4 is 71.5 Å². The van der Waals surface area contributed by atoms with E-state index in [0.29, 0.717) is 5.89 Å². The molecule has 258 valence electrons. The molecule has 11 aromatic rings. The Bertz CT molecular complexity index is 3190. The Balaban J connectivity index is 1.23. The molecule has 0 amide bonds. The Kier molecular flexibility index (Phi) is 7.14. The molecule has 9 aromatic carbocycles. The van der Waals surface area contributed by atoms with Crippen molar-refractivity contribution in [1.82, 2.24) is 9.55 Å². The van der Waals surface area contributed by atoms with Crippen LogP contribution in [0.3, 0.4) is 0 Å². The summed E-state index contributed by atoms with van der Waals surface area (Å²) in [7, 11) is 0. The molecule has 0 aliphatic carbocycles. The SMILES string of the molecule is c1ccc(-c2nc3cccc(N(c4ccc(-c5cccc6ccccc56)cc4)c4cc5ccccc5c5c4c4ccccc4n5-c4ccccc4)c3o2)cc1. The highest BCUT2D eigenvalue weighted by Gasteiger charge is 2.26. The van der Waals surface area contributed by atoms with Crippen molar-refractivity contribution in [2.24, 2.45) is 0 Å². The molecule has 0 N–H and O–H groups in total. The van der Waals surface area contributed by atoms with Gasteiger partial charge in [0.1, 0.15) is 5.52 Å². The van der Waals surface area contributed by atoms with E-state index in [1.165, 1.54) is 27.1 Å². The van der Waals surface area contributed by atoms with Gasteiger partial charge < -0.3 is 13.9 Å². The van der Waals surface area contributed by atoms with Gasteiger partial charge in [0, 0.05) is 33.1 Å². The molecule has 4 heteroatoms. The molecule has 0 radical (unpaired) electrons. The second-order valence-electron chi connectivity index (χ2n) is 13.9. The van der Waals surface area contributed by atoms with Gasteiger partial charge in [-0.1, -0.05) is 140 Å². The Labute approximate surface area is 317 Å². The smallest absolute Gasteiger partial charge is 0.227 e. The normalized spacial score (nSPS) is 11.6. The minimum atomic E-state index is 0.596. The first-order valence-corrected chi connectivity index (χ1v) is 18.6. The molecule has 0 atom stereocenters. The first-order valence-electron chi connectivity index (χ1n) is 18.6. The van der Waals surface area contributed by atoms with Gasteiger partial charge in [-0.25, -0.2) is 4.98 Å². The standard InChI is InChI=1S/C51H33N3O/c1-3-16-36(17-4-1)51-52-44-26-14-28-46(50(44)55-51)53(39-31-29-35(30-32-39)41-25-13-19-34-15-7-9-22-40(34)41)47-33-37-18-8-10-23-42(37)49-48(47)43-24-11-12-27-45(43)54(49)38-20-5-2-6-21-38/h1-33H. The highest BCUT2D eigenvalue weighted by Crippen LogP contribution is 2.48. The summed E-state index contributed by atoms with van der Waals surface area (Å²) in [6.07, 6.45) is 0. The summed E-state index contributed by atoms with van der Waals surface area (Å²) in [5.41, 5.74) is 11.3. The fourth-order valence-corrected chi connectivity index (χ4v) is 8.32. The summed E-state index contributed by atoms with van der Waals surface area (Å²) < 4.78 is 9.17. The van der Waals surface area contributed by atoms with Crippen molar-refractivity contribution in [3.63, 3.8) is 0 Å². The quantitative estimate of drug-likeness (QED) is 0.173. The van der Waals surface area contributed by atoms with Gasteiger partial charge in [-0.05, 0) is 87.9 Å². The van der Waals surface area contributed by atoms with Gasteiger partial charge in [-0.2, -0.15) is 0 Å². The minimum Gasteiger partial charge on any atom is -0.434 e. The Morgan fingerprint density at radius 2 is 1.13 bits per heavy atom. The second kappa shape index (κ2) is 12.6. The molecule has 0 saturated carbocycles. The highest BCUT2D eigenvalue weighted by molar-refractivity contribution is 6.25. The third kappa shape index (κ3) is 5.03. The van der Waals surface area contributed by atoms with E-state index >= 15 is 0 Å². The molecule has 2 heterocycles. The molecule has 0 saturated heterocycles. The maximum atomic E-state index is 6.75. The first-order chi connectivity index (χ1) is 27.3. The number of anilines is 3. The molecular weight excluding hydrogens is 671 g/mol. The molecule has 0 fully saturated rings. The van der Waals surface area contributed by atoms with Gasteiger partial charge in [-0.3, -0.25) is 0 Å². The van der Waals surface area contributed by atoms with E-state index in [0.717, 1.165) is 66.8 Å². The van der Waals surface area contributed by atoms with Gasteiger partial charge in [0.25, 0.3) is 0 Å². The highest BCUT2D eigenvalue weighted by atomic mass is 16.3. The average molecular weight is 704 g/mol. The Morgan fingerprint density at radius 1 is 0.473 bits per heavy atom. The van der Waals surface area contributed by atoms with E-state index in [-0.39, 0.29) is 0 Å². The van der Waals surface area contributed by atoms with Crippen molar-refractivity contribution in [2.75, 3.05) is 4.90 Å². The molecule has 11 rings (SSSR count). The maximum Gasteiger partial charge on any atom is 0.227 e. The van der Waals surface area contributed by atoms with Crippen LogP contribution in [0.5, 0.6) is 0 Å². The van der Waals surface area contributed by atoms with Crippen LogP contribution in [0.25, 0.3) is 82.7 Å². The number of hydrogen-bond donors (Lipinski definition) is 0. The number of fused-ring (bicyclic) bond motifs is 7. The first kappa shape index (κ1) is 31.1. The third-order valence-electron chi connectivity index (χ3n) is 10.8. The molecule has 0 bridgehead atoms. The van der Waals surface area contributed by atoms with Crippen LogP contribution in [0.2, 0.25) is 0 Å². The van der Waals surface area contributed by atoms with E-state index in [2.05, 4.69) is 173 Å². The van der Waals surface area contributed by atoms with Crippen LogP contribution >= 0.6 is 0 Å². The van der Waals surface area contributed by atoms with Crippen LogP contribution in [-0.4, -0.2) is 9.55 Å². The van der Waals surface area contributed by atoms with Crippen molar-refractivity contribution in [1.29, 1.82) is 0 Å². The van der Waals surface area contributed by atoms with Crippen molar-refractivity contribution in [2.45, 2.75) is 0 Å². The van der Waals surface area contributed by atoms with E-state index in [9.17, 15) is 0 Å². The average Bonchev–Trinajstić information content (AvgIpc) is 3.86. The molecule has 0 aliphatic heterocycles. The lowest BCUT2D eigenvalue weighted by Gasteiger charge is -2.27. The number of oxazole rings is 1. The molecule has 0 spiro atoms. The molecule has 55 heavy (non-hydrogen) atoms. The van der Waals surface area contributed by atoms with Gasteiger partial charge in [0.2, 0.25) is 5.89 Å². The number of para-hydroxylation sites is 3. The van der Waals surface area contributed by atoms with Crippen LogP contribution < -0.4 is 4.90 Å². The fourth-order valence-electron chi connectivity index (χ4n) is 8.32.